The topological polar surface area (TPSA) is 105 Å². The van der Waals surface area contributed by atoms with Crippen molar-refractivity contribution in [2.45, 2.75) is 32.2 Å². The summed E-state index contributed by atoms with van der Waals surface area (Å²) in [5.74, 6) is -1.66. The zero-order valence-electron chi connectivity index (χ0n) is 19.0. The number of rotatable bonds is 7. The third-order valence-corrected chi connectivity index (χ3v) is 6.17. The molecule has 0 aliphatic heterocycles. The average Bonchev–Trinajstić information content (AvgIpc) is 3.16. The van der Waals surface area contributed by atoms with Crippen LogP contribution in [0.15, 0.2) is 66.7 Å². The second-order valence-electron chi connectivity index (χ2n) is 8.20. The average molecular weight is 459 g/mol. The predicted octanol–water partition coefficient (Wildman–Crippen LogP) is 4.95. The van der Waals surface area contributed by atoms with Gasteiger partial charge in [-0.3, -0.25) is 10.1 Å². The molecule has 0 fully saturated rings. The van der Waals surface area contributed by atoms with Crippen LogP contribution in [0.5, 0.6) is 0 Å². The molecule has 4 rings (SSSR count). The Balaban J connectivity index is 1.45. The number of hydrogen-bond donors (Lipinski definition) is 3. The fourth-order valence-electron chi connectivity index (χ4n) is 4.34. The molecular weight excluding hydrogens is 432 g/mol. The van der Waals surface area contributed by atoms with Gasteiger partial charge in [-0.05, 0) is 53.3 Å². The van der Waals surface area contributed by atoms with E-state index in [1.807, 2.05) is 36.4 Å². The molecule has 3 aromatic carbocycles. The SMILES string of the molecule is CC[C@H](NC(=O)c1cccc(NC(=O)OCC2c3ccccc3-c3ccccc32)c1C)C(=O)O. The first kappa shape index (κ1) is 23.0. The molecule has 0 bridgehead atoms. The van der Waals surface area contributed by atoms with Gasteiger partial charge in [0.1, 0.15) is 12.6 Å². The number of hydrogen-bond acceptors (Lipinski definition) is 4. The van der Waals surface area contributed by atoms with E-state index in [-0.39, 0.29) is 24.5 Å². The van der Waals surface area contributed by atoms with Gasteiger partial charge in [0, 0.05) is 17.2 Å². The predicted molar refractivity (Wildman–Crippen MR) is 129 cm³/mol. The molecule has 174 valence electrons. The maximum atomic E-state index is 12.6. The Hall–Kier alpha value is -4.13. The van der Waals surface area contributed by atoms with E-state index in [0.29, 0.717) is 11.3 Å². The lowest BCUT2D eigenvalue weighted by molar-refractivity contribution is -0.139. The number of carboxylic acid groups (broad SMARTS) is 1. The molecule has 3 aromatic rings. The Bertz CT molecular complexity index is 1210. The van der Waals surface area contributed by atoms with Crippen molar-refractivity contribution < 1.29 is 24.2 Å². The third-order valence-electron chi connectivity index (χ3n) is 6.17. The largest absolute Gasteiger partial charge is 0.480 e. The zero-order chi connectivity index (χ0) is 24.2. The summed E-state index contributed by atoms with van der Waals surface area (Å²) >= 11 is 0. The van der Waals surface area contributed by atoms with Gasteiger partial charge >= 0.3 is 12.1 Å². The van der Waals surface area contributed by atoms with E-state index in [9.17, 15) is 19.5 Å². The number of fused-ring (bicyclic) bond motifs is 3. The number of carbonyl (C=O) groups is 3. The van der Waals surface area contributed by atoms with Crippen LogP contribution in [0.25, 0.3) is 11.1 Å². The minimum absolute atomic E-state index is 0.0571. The Morgan fingerprint density at radius 2 is 1.56 bits per heavy atom. The van der Waals surface area contributed by atoms with Gasteiger partial charge in [0.05, 0.1) is 0 Å². The van der Waals surface area contributed by atoms with E-state index in [0.717, 1.165) is 22.3 Å². The van der Waals surface area contributed by atoms with Gasteiger partial charge in [-0.2, -0.15) is 0 Å². The monoisotopic (exact) mass is 458 g/mol. The molecule has 0 saturated heterocycles. The fourth-order valence-corrected chi connectivity index (χ4v) is 4.34. The minimum atomic E-state index is -1.10. The molecule has 7 heteroatoms. The van der Waals surface area contributed by atoms with Crippen molar-refractivity contribution in [3.63, 3.8) is 0 Å². The van der Waals surface area contributed by atoms with Gasteiger partial charge < -0.3 is 15.2 Å². The summed E-state index contributed by atoms with van der Waals surface area (Å²) in [7, 11) is 0. The van der Waals surface area contributed by atoms with Crippen LogP contribution in [-0.4, -0.2) is 35.7 Å². The highest BCUT2D eigenvalue weighted by atomic mass is 16.5. The summed E-state index contributed by atoms with van der Waals surface area (Å²) in [6.07, 6.45) is -0.364. The van der Waals surface area contributed by atoms with E-state index >= 15 is 0 Å². The Morgan fingerprint density at radius 3 is 2.15 bits per heavy atom. The van der Waals surface area contributed by atoms with Gasteiger partial charge in [0.25, 0.3) is 5.91 Å². The minimum Gasteiger partial charge on any atom is -0.480 e. The van der Waals surface area contributed by atoms with Crippen molar-refractivity contribution in [1.82, 2.24) is 5.32 Å². The summed E-state index contributed by atoms with van der Waals surface area (Å²) in [4.78, 5) is 36.5. The molecule has 3 N–H and O–H groups in total. The lowest BCUT2D eigenvalue weighted by Crippen LogP contribution is -2.40. The number of amides is 2. The maximum Gasteiger partial charge on any atom is 0.411 e. The first-order chi connectivity index (χ1) is 16.4. The third kappa shape index (κ3) is 4.50. The van der Waals surface area contributed by atoms with Crippen LogP contribution in [0.1, 0.15) is 46.3 Å². The summed E-state index contributed by atoms with van der Waals surface area (Å²) < 4.78 is 5.58. The number of aliphatic carboxylic acids is 1. The molecule has 0 heterocycles. The van der Waals surface area contributed by atoms with Crippen LogP contribution >= 0.6 is 0 Å². The van der Waals surface area contributed by atoms with Gasteiger partial charge in [-0.25, -0.2) is 9.59 Å². The number of nitrogens with one attached hydrogen (secondary N) is 2. The van der Waals surface area contributed by atoms with E-state index < -0.39 is 24.0 Å². The van der Waals surface area contributed by atoms with Gasteiger partial charge in [-0.15, -0.1) is 0 Å². The first-order valence-corrected chi connectivity index (χ1v) is 11.2. The van der Waals surface area contributed by atoms with Crippen LogP contribution < -0.4 is 10.6 Å². The molecule has 1 aliphatic rings. The molecule has 1 aliphatic carbocycles. The molecule has 0 aromatic heterocycles. The summed E-state index contributed by atoms with van der Waals surface area (Å²) in [5.41, 5.74) is 5.77. The molecule has 1 atom stereocenters. The van der Waals surface area contributed by atoms with Crippen molar-refractivity contribution in [3.8, 4) is 11.1 Å². The number of carboxylic acids is 1. The number of carbonyl (C=O) groups excluding carboxylic acids is 2. The second kappa shape index (κ2) is 9.79. The summed E-state index contributed by atoms with van der Waals surface area (Å²) in [6.45, 7) is 3.55. The van der Waals surface area contributed by atoms with Crippen molar-refractivity contribution in [1.29, 1.82) is 0 Å². The number of ether oxygens (including phenoxy) is 1. The standard InChI is InChI=1S/C27H26N2O5/c1-3-23(26(31)32)28-25(30)17-13-8-14-24(16(17)2)29-27(33)34-15-22-20-11-6-4-9-18(20)19-10-5-7-12-21(19)22/h4-14,22-23H,3,15H2,1-2H3,(H,28,30)(H,29,33)(H,31,32)/t23-/m0/s1. The van der Waals surface area contributed by atoms with Crippen LogP contribution in [0.3, 0.4) is 0 Å². The molecule has 0 radical (unpaired) electrons. The maximum absolute atomic E-state index is 12.6. The van der Waals surface area contributed by atoms with Crippen molar-refractivity contribution in [3.05, 3.63) is 89.0 Å². The molecule has 0 spiro atoms. The van der Waals surface area contributed by atoms with Gasteiger partial charge in [0.15, 0.2) is 0 Å². The number of anilines is 1. The Labute approximate surface area is 197 Å². The first-order valence-electron chi connectivity index (χ1n) is 11.2. The Kier molecular flexibility index (Phi) is 6.63. The molecule has 0 saturated carbocycles. The van der Waals surface area contributed by atoms with Gasteiger partial charge in [-0.1, -0.05) is 61.5 Å². The van der Waals surface area contributed by atoms with Crippen molar-refractivity contribution >= 4 is 23.7 Å². The van der Waals surface area contributed by atoms with Crippen molar-refractivity contribution in [2.24, 2.45) is 0 Å². The summed E-state index contributed by atoms with van der Waals surface area (Å²) in [5, 5.41) is 14.4. The highest BCUT2D eigenvalue weighted by Gasteiger charge is 2.29. The number of benzene rings is 3. The zero-order valence-corrected chi connectivity index (χ0v) is 19.0. The molecule has 2 amide bonds. The normalized spacial score (nSPS) is 12.9. The van der Waals surface area contributed by atoms with Crippen molar-refractivity contribution in [2.75, 3.05) is 11.9 Å². The highest BCUT2D eigenvalue weighted by molar-refractivity contribution is 6.00. The van der Waals surface area contributed by atoms with Gasteiger partial charge in [0.2, 0.25) is 0 Å². The highest BCUT2D eigenvalue weighted by Crippen LogP contribution is 2.44. The quantitative estimate of drug-likeness (QED) is 0.465. The van der Waals surface area contributed by atoms with E-state index in [2.05, 4.69) is 22.8 Å². The van der Waals surface area contributed by atoms with E-state index in [1.165, 1.54) is 0 Å². The van der Waals surface area contributed by atoms with Crippen LogP contribution in [0.4, 0.5) is 10.5 Å². The Morgan fingerprint density at radius 1 is 0.941 bits per heavy atom. The smallest absolute Gasteiger partial charge is 0.411 e. The second-order valence-corrected chi connectivity index (χ2v) is 8.20. The molecule has 0 unspecified atom stereocenters. The van der Waals surface area contributed by atoms with Crippen LogP contribution in [-0.2, 0) is 9.53 Å². The van der Waals surface area contributed by atoms with Crippen LogP contribution in [0.2, 0.25) is 0 Å². The lowest BCUT2D eigenvalue weighted by Gasteiger charge is -2.17. The lowest BCUT2D eigenvalue weighted by atomic mass is 9.98. The summed E-state index contributed by atoms with van der Waals surface area (Å²) in [6, 6.07) is 20.1. The van der Waals surface area contributed by atoms with E-state index in [1.54, 1.807) is 32.0 Å². The molecular formula is C27H26N2O5. The van der Waals surface area contributed by atoms with Crippen LogP contribution in [0, 0.1) is 6.92 Å². The molecule has 34 heavy (non-hydrogen) atoms. The molecule has 7 nitrogen and oxygen atoms in total. The fraction of sp³-hybridized carbons (Fsp3) is 0.222. The van der Waals surface area contributed by atoms with E-state index in [4.69, 9.17) is 4.74 Å².